The van der Waals surface area contributed by atoms with Crippen molar-refractivity contribution < 1.29 is 8.42 Å². The van der Waals surface area contributed by atoms with Crippen molar-refractivity contribution in [3.63, 3.8) is 0 Å². The van der Waals surface area contributed by atoms with Gasteiger partial charge in [-0.05, 0) is 25.7 Å². The molecule has 0 aromatic rings. The molecular weight excluding hydrogens is 148 g/mol. The second-order valence-corrected chi connectivity index (χ2v) is 5.79. The summed E-state index contributed by atoms with van der Waals surface area (Å²) in [7, 11) is -2.71. The molecule has 1 rings (SSSR count). The molecule has 0 aromatic carbocycles. The summed E-state index contributed by atoms with van der Waals surface area (Å²) in [6.07, 6.45) is 1.92. The summed E-state index contributed by atoms with van der Waals surface area (Å²) in [6.45, 7) is 3.81. The van der Waals surface area contributed by atoms with Gasteiger partial charge in [0, 0.05) is 0 Å². The minimum atomic E-state index is -2.71. The van der Waals surface area contributed by atoms with Gasteiger partial charge in [-0.25, -0.2) is 8.42 Å². The SMILES string of the molecule is CC1CC[C@@H](C)S(=O)(=O)C1. The summed E-state index contributed by atoms with van der Waals surface area (Å²) in [4.78, 5) is 0. The van der Waals surface area contributed by atoms with Crippen molar-refractivity contribution in [2.24, 2.45) is 5.92 Å². The summed E-state index contributed by atoms with van der Waals surface area (Å²) in [5, 5.41) is -0.0938. The molecular formula is C7H14O2S. The van der Waals surface area contributed by atoms with Crippen molar-refractivity contribution >= 4 is 9.84 Å². The summed E-state index contributed by atoms with van der Waals surface area (Å²) in [5.74, 6) is 0.773. The summed E-state index contributed by atoms with van der Waals surface area (Å²) >= 11 is 0. The molecule has 3 heteroatoms. The van der Waals surface area contributed by atoms with Gasteiger partial charge in [0.15, 0.2) is 9.84 Å². The molecule has 0 radical (unpaired) electrons. The topological polar surface area (TPSA) is 34.1 Å². The van der Waals surface area contributed by atoms with Gasteiger partial charge in [0.1, 0.15) is 0 Å². The van der Waals surface area contributed by atoms with Crippen LogP contribution in [0.25, 0.3) is 0 Å². The molecule has 0 bridgehead atoms. The molecule has 60 valence electrons. The quantitative estimate of drug-likeness (QED) is 0.536. The third-order valence-electron chi connectivity index (χ3n) is 2.20. The largest absolute Gasteiger partial charge is 0.229 e. The molecule has 0 spiro atoms. The number of hydrogen-bond acceptors (Lipinski definition) is 2. The summed E-state index contributed by atoms with van der Waals surface area (Å²) in [6, 6.07) is 0. The Balaban J connectivity index is 2.74. The molecule has 1 saturated heterocycles. The lowest BCUT2D eigenvalue weighted by molar-refractivity contribution is 0.486. The molecule has 0 amide bonds. The van der Waals surface area contributed by atoms with E-state index in [0.717, 1.165) is 12.8 Å². The van der Waals surface area contributed by atoms with Gasteiger partial charge in [-0.15, -0.1) is 0 Å². The zero-order chi connectivity index (χ0) is 7.78. The van der Waals surface area contributed by atoms with Crippen molar-refractivity contribution in [2.75, 3.05) is 5.75 Å². The van der Waals surface area contributed by atoms with Crippen LogP contribution in [0.15, 0.2) is 0 Å². The Morgan fingerprint density at radius 1 is 1.20 bits per heavy atom. The van der Waals surface area contributed by atoms with E-state index in [4.69, 9.17) is 0 Å². The monoisotopic (exact) mass is 162 g/mol. The maximum Gasteiger partial charge on any atom is 0.153 e. The van der Waals surface area contributed by atoms with E-state index in [2.05, 4.69) is 0 Å². The van der Waals surface area contributed by atoms with Gasteiger partial charge in [0.05, 0.1) is 11.0 Å². The first-order valence-electron chi connectivity index (χ1n) is 3.74. The molecule has 0 aliphatic carbocycles. The highest BCUT2D eigenvalue weighted by molar-refractivity contribution is 7.92. The van der Waals surface area contributed by atoms with E-state index in [0.29, 0.717) is 11.7 Å². The van der Waals surface area contributed by atoms with Crippen LogP contribution >= 0.6 is 0 Å². The van der Waals surface area contributed by atoms with Crippen LogP contribution in [0, 0.1) is 5.92 Å². The van der Waals surface area contributed by atoms with E-state index in [1.54, 1.807) is 6.92 Å². The summed E-state index contributed by atoms with van der Waals surface area (Å²) < 4.78 is 22.4. The van der Waals surface area contributed by atoms with Gasteiger partial charge in [-0.2, -0.15) is 0 Å². The molecule has 1 aliphatic rings. The highest BCUT2D eigenvalue weighted by Crippen LogP contribution is 2.22. The minimum Gasteiger partial charge on any atom is -0.229 e. The molecule has 0 aromatic heterocycles. The van der Waals surface area contributed by atoms with E-state index in [-0.39, 0.29) is 5.25 Å². The minimum absolute atomic E-state index is 0.0938. The average Bonchev–Trinajstić information content (AvgIpc) is 1.78. The maximum atomic E-state index is 11.2. The van der Waals surface area contributed by atoms with Crippen LogP contribution in [0.4, 0.5) is 0 Å². The third-order valence-corrected chi connectivity index (χ3v) is 4.69. The van der Waals surface area contributed by atoms with Crippen LogP contribution < -0.4 is 0 Å². The van der Waals surface area contributed by atoms with E-state index < -0.39 is 9.84 Å². The van der Waals surface area contributed by atoms with Gasteiger partial charge < -0.3 is 0 Å². The second kappa shape index (κ2) is 2.53. The van der Waals surface area contributed by atoms with Gasteiger partial charge in [-0.3, -0.25) is 0 Å². The lowest BCUT2D eigenvalue weighted by atomic mass is 10.1. The predicted octanol–water partition coefficient (Wildman–Crippen LogP) is 1.22. The van der Waals surface area contributed by atoms with Crippen molar-refractivity contribution in [2.45, 2.75) is 31.9 Å². The Labute approximate surface area is 62.5 Å². The van der Waals surface area contributed by atoms with E-state index in [9.17, 15) is 8.42 Å². The Kier molecular flexibility index (Phi) is 2.04. The predicted molar refractivity (Wildman–Crippen MR) is 41.6 cm³/mol. The van der Waals surface area contributed by atoms with Crippen LogP contribution in [0.3, 0.4) is 0 Å². The molecule has 2 atom stereocenters. The molecule has 0 saturated carbocycles. The summed E-state index contributed by atoms with van der Waals surface area (Å²) in [5.41, 5.74) is 0. The molecule has 10 heavy (non-hydrogen) atoms. The molecule has 0 N–H and O–H groups in total. The van der Waals surface area contributed by atoms with Crippen LogP contribution in [0.1, 0.15) is 26.7 Å². The van der Waals surface area contributed by atoms with Gasteiger partial charge in [0.2, 0.25) is 0 Å². The first-order chi connectivity index (χ1) is 4.52. The smallest absolute Gasteiger partial charge is 0.153 e. The van der Waals surface area contributed by atoms with E-state index >= 15 is 0 Å². The molecule has 1 fully saturated rings. The standard InChI is InChI=1S/C7H14O2S/c1-6-3-4-7(2)10(8,9)5-6/h6-7H,3-5H2,1-2H3/t6?,7-/m1/s1. The molecule has 1 aliphatic heterocycles. The molecule has 1 unspecified atom stereocenters. The van der Waals surface area contributed by atoms with Crippen LogP contribution in [-0.2, 0) is 9.84 Å². The first kappa shape index (κ1) is 8.05. The zero-order valence-corrected chi connectivity index (χ0v) is 7.32. The van der Waals surface area contributed by atoms with Crippen LogP contribution in [0.5, 0.6) is 0 Å². The molecule has 1 heterocycles. The highest BCUT2D eigenvalue weighted by atomic mass is 32.2. The van der Waals surface area contributed by atoms with Crippen molar-refractivity contribution in [3.05, 3.63) is 0 Å². The lowest BCUT2D eigenvalue weighted by Crippen LogP contribution is -2.30. The van der Waals surface area contributed by atoms with E-state index in [1.165, 1.54) is 0 Å². The Morgan fingerprint density at radius 3 is 2.20 bits per heavy atom. The Hall–Kier alpha value is -0.0500. The van der Waals surface area contributed by atoms with Crippen LogP contribution in [-0.4, -0.2) is 19.4 Å². The maximum absolute atomic E-state index is 11.2. The fourth-order valence-electron chi connectivity index (χ4n) is 1.34. The number of sulfone groups is 1. The van der Waals surface area contributed by atoms with Crippen molar-refractivity contribution in [1.29, 1.82) is 0 Å². The van der Waals surface area contributed by atoms with Gasteiger partial charge in [0.25, 0.3) is 0 Å². The fourth-order valence-corrected chi connectivity index (χ4v) is 3.13. The average molecular weight is 162 g/mol. The van der Waals surface area contributed by atoms with Crippen molar-refractivity contribution in [3.8, 4) is 0 Å². The fraction of sp³-hybridized carbons (Fsp3) is 1.00. The first-order valence-corrected chi connectivity index (χ1v) is 5.45. The normalized spacial score (nSPS) is 39.4. The second-order valence-electron chi connectivity index (χ2n) is 3.32. The highest BCUT2D eigenvalue weighted by Gasteiger charge is 2.28. The van der Waals surface area contributed by atoms with Crippen molar-refractivity contribution in [1.82, 2.24) is 0 Å². The van der Waals surface area contributed by atoms with Crippen LogP contribution in [0.2, 0.25) is 0 Å². The Morgan fingerprint density at radius 2 is 1.80 bits per heavy atom. The number of rotatable bonds is 0. The third kappa shape index (κ3) is 1.51. The lowest BCUT2D eigenvalue weighted by Gasteiger charge is -2.23. The molecule has 2 nitrogen and oxygen atoms in total. The van der Waals surface area contributed by atoms with Gasteiger partial charge >= 0.3 is 0 Å². The number of hydrogen-bond donors (Lipinski definition) is 0. The Bertz CT molecular complexity index is 206. The zero-order valence-electron chi connectivity index (χ0n) is 6.50. The van der Waals surface area contributed by atoms with Gasteiger partial charge in [-0.1, -0.05) is 6.92 Å². The van der Waals surface area contributed by atoms with E-state index in [1.807, 2.05) is 6.92 Å².